The molecule has 1 aliphatic rings. The van der Waals surface area contributed by atoms with E-state index >= 15 is 0 Å². The molecule has 1 aliphatic carbocycles. The van der Waals surface area contributed by atoms with Gasteiger partial charge in [0.15, 0.2) is 0 Å². The van der Waals surface area contributed by atoms with Gasteiger partial charge in [0, 0.05) is 0 Å². The van der Waals surface area contributed by atoms with Crippen LogP contribution in [0.15, 0.2) is 66.5 Å². The first kappa shape index (κ1) is 23.0. The molecule has 0 saturated heterocycles. The SMILES string of the molecule is CCCCCCCC[C@H]1CCC[C@@H]1C=CC=CC=C(Oc1ccccc1)C(=O)O. The van der Waals surface area contributed by atoms with Gasteiger partial charge in [-0.25, -0.2) is 4.79 Å². The molecule has 0 aliphatic heterocycles. The summed E-state index contributed by atoms with van der Waals surface area (Å²) in [6.07, 6.45) is 23.0. The van der Waals surface area contributed by atoms with Crippen molar-refractivity contribution in [3.05, 3.63) is 66.5 Å². The summed E-state index contributed by atoms with van der Waals surface area (Å²) in [6.45, 7) is 2.26. The first-order valence-corrected chi connectivity index (χ1v) is 11.2. The molecule has 1 N–H and O–H groups in total. The van der Waals surface area contributed by atoms with Gasteiger partial charge in [0.05, 0.1) is 0 Å². The minimum atomic E-state index is -1.07. The van der Waals surface area contributed by atoms with Crippen molar-refractivity contribution in [2.24, 2.45) is 11.8 Å². The number of para-hydroxylation sites is 1. The Morgan fingerprint density at radius 2 is 1.79 bits per heavy atom. The van der Waals surface area contributed by atoms with E-state index in [9.17, 15) is 9.90 Å². The maximum absolute atomic E-state index is 11.4. The van der Waals surface area contributed by atoms with Gasteiger partial charge in [-0.2, -0.15) is 0 Å². The van der Waals surface area contributed by atoms with E-state index < -0.39 is 5.97 Å². The van der Waals surface area contributed by atoms with Gasteiger partial charge in [-0.3, -0.25) is 0 Å². The van der Waals surface area contributed by atoms with Crippen LogP contribution in [0.5, 0.6) is 5.75 Å². The molecule has 29 heavy (non-hydrogen) atoms. The second kappa shape index (κ2) is 13.8. The van der Waals surface area contributed by atoms with Crippen LogP contribution in [0.1, 0.15) is 71.1 Å². The highest BCUT2D eigenvalue weighted by atomic mass is 16.5. The Morgan fingerprint density at radius 3 is 2.55 bits per heavy atom. The number of benzene rings is 1. The molecule has 0 bridgehead atoms. The Morgan fingerprint density at radius 1 is 1.03 bits per heavy atom. The van der Waals surface area contributed by atoms with E-state index in [-0.39, 0.29) is 5.76 Å². The lowest BCUT2D eigenvalue weighted by Crippen LogP contribution is -2.07. The van der Waals surface area contributed by atoms with E-state index in [2.05, 4.69) is 19.1 Å². The number of aliphatic carboxylic acids is 1. The van der Waals surface area contributed by atoms with Crippen molar-refractivity contribution in [1.82, 2.24) is 0 Å². The molecule has 2 rings (SSSR count). The molecule has 3 nitrogen and oxygen atoms in total. The molecule has 0 amide bonds. The van der Waals surface area contributed by atoms with Crippen LogP contribution in [0.4, 0.5) is 0 Å². The maximum Gasteiger partial charge on any atom is 0.371 e. The number of hydrogen-bond acceptors (Lipinski definition) is 2. The molecule has 1 saturated carbocycles. The number of allylic oxidation sites excluding steroid dienone is 5. The number of carboxylic acid groups (broad SMARTS) is 1. The fraction of sp³-hybridized carbons (Fsp3) is 0.500. The minimum absolute atomic E-state index is 0.0809. The summed E-state index contributed by atoms with van der Waals surface area (Å²) in [5.41, 5.74) is 0. The number of unbranched alkanes of at least 4 members (excludes halogenated alkanes) is 5. The molecule has 0 unspecified atom stereocenters. The van der Waals surface area contributed by atoms with Crippen LogP contribution >= 0.6 is 0 Å². The molecule has 1 aromatic rings. The first-order valence-electron chi connectivity index (χ1n) is 11.2. The van der Waals surface area contributed by atoms with Gasteiger partial charge in [0.25, 0.3) is 0 Å². The standard InChI is InChI=1S/C26H36O3/c1-2-3-4-5-6-9-15-22-17-14-18-23(22)16-10-7-13-21-25(26(27)28)29-24-19-11-8-12-20-24/h7-8,10-13,16,19-23H,2-6,9,14-15,17-18H2,1H3,(H,27,28)/t22-,23-/m0/s1. The first-order chi connectivity index (χ1) is 14.2. The molecule has 0 radical (unpaired) electrons. The molecular formula is C26H36O3. The predicted molar refractivity (Wildman–Crippen MR) is 120 cm³/mol. The van der Waals surface area contributed by atoms with Crippen LogP contribution in [-0.4, -0.2) is 11.1 Å². The van der Waals surface area contributed by atoms with Gasteiger partial charge in [0.1, 0.15) is 5.75 Å². The van der Waals surface area contributed by atoms with Gasteiger partial charge in [-0.15, -0.1) is 0 Å². The smallest absolute Gasteiger partial charge is 0.371 e. The van der Waals surface area contributed by atoms with Crippen molar-refractivity contribution in [1.29, 1.82) is 0 Å². The summed E-state index contributed by atoms with van der Waals surface area (Å²) in [5, 5.41) is 9.30. The summed E-state index contributed by atoms with van der Waals surface area (Å²) in [6, 6.07) is 8.98. The van der Waals surface area contributed by atoms with Crippen LogP contribution in [-0.2, 0) is 4.79 Å². The van der Waals surface area contributed by atoms with Crippen molar-refractivity contribution in [2.45, 2.75) is 71.1 Å². The third-order valence-electron chi connectivity index (χ3n) is 5.66. The molecule has 2 atom stereocenters. The van der Waals surface area contributed by atoms with E-state index in [0.717, 1.165) is 5.92 Å². The Kier molecular flexibility index (Phi) is 11.0. The molecule has 0 heterocycles. The molecule has 3 heteroatoms. The predicted octanol–water partition coefficient (Wildman–Crippen LogP) is 7.31. The molecule has 158 valence electrons. The highest BCUT2D eigenvalue weighted by molar-refractivity contribution is 5.85. The zero-order valence-corrected chi connectivity index (χ0v) is 17.8. The molecule has 0 spiro atoms. The number of carboxylic acids is 1. The lowest BCUT2D eigenvalue weighted by atomic mass is 9.90. The second-order valence-electron chi connectivity index (χ2n) is 7.93. The average molecular weight is 397 g/mol. The average Bonchev–Trinajstić information content (AvgIpc) is 3.17. The quantitative estimate of drug-likeness (QED) is 0.164. The Bertz CT molecular complexity index is 672. The van der Waals surface area contributed by atoms with E-state index in [1.165, 1.54) is 70.3 Å². The number of ether oxygens (including phenoxy) is 1. The number of hydrogen-bond donors (Lipinski definition) is 1. The van der Waals surface area contributed by atoms with Gasteiger partial charge in [-0.1, -0.05) is 94.4 Å². The topological polar surface area (TPSA) is 46.5 Å². The fourth-order valence-electron chi connectivity index (χ4n) is 4.04. The van der Waals surface area contributed by atoms with E-state index in [1.54, 1.807) is 18.2 Å². The summed E-state index contributed by atoms with van der Waals surface area (Å²) >= 11 is 0. The maximum atomic E-state index is 11.4. The summed E-state index contributed by atoms with van der Waals surface area (Å²) in [5.74, 6) is 0.852. The number of carbonyl (C=O) groups is 1. The Labute approximate surface area is 176 Å². The zero-order chi connectivity index (χ0) is 20.7. The van der Waals surface area contributed by atoms with Crippen LogP contribution in [0, 0.1) is 11.8 Å². The normalized spacial score (nSPS) is 20.0. The monoisotopic (exact) mass is 396 g/mol. The van der Waals surface area contributed by atoms with Crippen molar-refractivity contribution >= 4 is 5.97 Å². The van der Waals surface area contributed by atoms with Gasteiger partial charge >= 0.3 is 5.97 Å². The van der Waals surface area contributed by atoms with Crippen molar-refractivity contribution in [2.75, 3.05) is 0 Å². The zero-order valence-electron chi connectivity index (χ0n) is 17.8. The van der Waals surface area contributed by atoms with E-state index in [4.69, 9.17) is 4.74 Å². The van der Waals surface area contributed by atoms with Gasteiger partial charge in [0.2, 0.25) is 5.76 Å². The summed E-state index contributed by atoms with van der Waals surface area (Å²) < 4.78 is 5.44. The van der Waals surface area contributed by atoms with Crippen LogP contribution in [0.25, 0.3) is 0 Å². The Hall–Kier alpha value is -2.29. The van der Waals surface area contributed by atoms with Crippen molar-refractivity contribution < 1.29 is 14.6 Å². The molecule has 1 aromatic carbocycles. The third kappa shape index (κ3) is 9.17. The van der Waals surface area contributed by atoms with E-state index in [0.29, 0.717) is 11.7 Å². The largest absolute Gasteiger partial charge is 0.475 e. The lowest BCUT2D eigenvalue weighted by molar-refractivity contribution is -0.135. The highest BCUT2D eigenvalue weighted by Gasteiger charge is 2.24. The summed E-state index contributed by atoms with van der Waals surface area (Å²) in [7, 11) is 0. The lowest BCUT2D eigenvalue weighted by Gasteiger charge is -2.15. The number of rotatable bonds is 13. The summed E-state index contributed by atoms with van der Waals surface area (Å²) in [4.78, 5) is 11.4. The van der Waals surface area contributed by atoms with Crippen LogP contribution in [0.3, 0.4) is 0 Å². The second-order valence-corrected chi connectivity index (χ2v) is 7.93. The third-order valence-corrected chi connectivity index (χ3v) is 5.66. The molecule has 1 fully saturated rings. The molecular weight excluding hydrogens is 360 g/mol. The van der Waals surface area contributed by atoms with Crippen LogP contribution < -0.4 is 4.74 Å². The van der Waals surface area contributed by atoms with Gasteiger partial charge in [-0.05, 0) is 49.3 Å². The van der Waals surface area contributed by atoms with Crippen LogP contribution in [0.2, 0.25) is 0 Å². The van der Waals surface area contributed by atoms with Crippen molar-refractivity contribution in [3.8, 4) is 5.75 Å². The fourth-order valence-corrected chi connectivity index (χ4v) is 4.04. The van der Waals surface area contributed by atoms with Gasteiger partial charge < -0.3 is 9.84 Å². The minimum Gasteiger partial charge on any atom is -0.475 e. The van der Waals surface area contributed by atoms with Crippen molar-refractivity contribution in [3.63, 3.8) is 0 Å². The highest BCUT2D eigenvalue weighted by Crippen LogP contribution is 2.36. The van der Waals surface area contributed by atoms with E-state index in [1.807, 2.05) is 24.3 Å². The Balaban J connectivity index is 1.78. The molecule has 0 aromatic heterocycles.